The van der Waals surface area contributed by atoms with Gasteiger partial charge in [0, 0.05) is 13.6 Å². The van der Waals surface area contributed by atoms with Gasteiger partial charge in [-0.1, -0.05) is 48.5 Å². The van der Waals surface area contributed by atoms with Crippen LogP contribution >= 0.6 is 0 Å². The van der Waals surface area contributed by atoms with Crippen LogP contribution in [0.15, 0.2) is 89.8 Å². The van der Waals surface area contributed by atoms with Gasteiger partial charge in [-0.15, -0.1) is 0 Å². The average molecular weight is 439 g/mol. The molecule has 0 fully saturated rings. The summed E-state index contributed by atoms with van der Waals surface area (Å²) < 4.78 is 31.7. The van der Waals surface area contributed by atoms with E-state index in [1.54, 1.807) is 30.3 Å². The van der Waals surface area contributed by atoms with Crippen molar-refractivity contribution in [3.05, 3.63) is 96.1 Å². The van der Waals surface area contributed by atoms with Crippen LogP contribution in [0.4, 0.5) is 5.69 Å². The van der Waals surface area contributed by atoms with Gasteiger partial charge in [0.1, 0.15) is 0 Å². The molecule has 1 N–H and O–H groups in total. The summed E-state index contributed by atoms with van der Waals surface area (Å²) in [4.78, 5) is 24.1. The summed E-state index contributed by atoms with van der Waals surface area (Å²) in [7, 11) is -2.32. The molecule has 0 heterocycles. The maximum Gasteiger partial charge on any atom is 0.338 e. The Morgan fingerprint density at radius 1 is 0.871 bits per heavy atom. The van der Waals surface area contributed by atoms with E-state index in [-0.39, 0.29) is 10.5 Å². The van der Waals surface area contributed by atoms with Gasteiger partial charge in [-0.05, 0) is 42.0 Å². The van der Waals surface area contributed by atoms with E-state index >= 15 is 0 Å². The van der Waals surface area contributed by atoms with Crippen LogP contribution in [-0.2, 0) is 26.1 Å². The summed E-state index contributed by atoms with van der Waals surface area (Å²) in [5.41, 5.74) is 1.60. The van der Waals surface area contributed by atoms with Crippen molar-refractivity contribution in [2.75, 3.05) is 18.0 Å². The van der Waals surface area contributed by atoms with Crippen LogP contribution in [-0.4, -0.2) is 33.9 Å². The third-order valence-corrected chi connectivity index (χ3v) is 6.33. The van der Waals surface area contributed by atoms with E-state index in [0.29, 0.717) is 12.2 Å². The molecule has 0 atom stereocenters. The number of para-hydroxylation sites is 1. The Bertz CT molecular complexity index is 1130. The number of sulfonamides is 1. The summed E-state index contributed by atoms with van der Waals surface area (Å²) in [5.74, 6) is -1.14. The Morgan fingerprint density at radius 2 is 1.45 bits per heavy atom. The van der Waals surface area contributed by atoms with Gasteiger partial charge in [0.2, 0.25) is 0 Å². The molecule has 0 bridgehead atoms. The fraction of sp³-hybridized carbons (Fsp3) is 0.130. The predicted molar refractivity (Wildman–Crippen MR) is 117 cm³/mol. The molecule has 0 aliphatic rings. The monoisotopic (exact) mass is 438 g/mol. The minimum absolute atomic E-state index is 0.0380. The Morgan fingerprint density at radius 3 is 2.06 bits per heavy atom. The third-order valence-electron chi connectivity index (χ3n) is 4.54. The highest BCUT2D eigenvalue weighted by Crippen LogP contribution is 2.22. The first kappa shape index (κ1) is 22.0. The predicted octanol–water partition coefficient (Wildman–Crippen LogP) is 2.98. The molecule has 0 saturated carbocycles. The first-order chi connectivity index (χ1) is 14.9. The third kappa shape index (κ3) is 5.70. The van der Waals surface area contributed by atoms with Crippen molar-refractivity contribution in [1.82, 2.24) is 5.32 Å². The molecule has 0 radical (unpaired) electrons. The molecule has 0 aromatic heterocycles. The second-order valence-electron chi connectivity index (χ2n) is 6.67. The topological polar surface area (TPSA) is 92.8 Å². The lowest BCUT2D eigenvalue weighted by Gasteiger charge is -2.19. The summed E-state index contributed by atoms with van der Waals surface area (Å²) in [6.45, 7) is -0.0961. The van der Waals surface area contributed by atoms with E-state index in [4.69, 9.17) is 4.74 Å². The molecule has 31 heavy (non-hydrogen) atoms. The normalized spacial score (nSPS) is 10.9. The largest absolute Gasteiger partial charge is 0.452 e. The highest BCUT2D eigenvalue weighted by atomic mass is 32.2. The molecular formula is C23H22N2O5S. The van der Waals surface area contributed by atoms with E-state index in [1.165, 1.54) is 31.3 Å². The molecule has 0 saturated heterocycles. The Kier molecular flexibility index (Phi) is 7.04. The van der Waals surface area contributed by atoms with Crippen molar-refractivity contribution in [2.45, 2.75) is 11.4 Å². The van der Waals surface area contributed by atoms with Crippen molar-refractivity contribution in [1.29, 1.82) is 0 Å². The second kappa shape index (κ2) is 9.90. The summed E-state index contributed by atoms with van der Waals surface area (Å²) in [6, 6.07) is 23.4. The zero-order valence-electron chi connectivity index (χ0n) is 16.9. The van der Waals surface area contributed by atoms with Gasteiger partial charge in [-0.2, -0.15) is 0 Å². The van der Waals surface area contributed by atoms with Gasteiger partial charge in [0.25, 0.3) is 15.9 Å². The second-order valence-corrected chi connectivity index (χ2v) is 8.64. The van der Waals surface area contributed by atoms with Crippen molar-refractivity contribution < 1.29 is 22.7 Å². The number of ether oxygens (including phenoxy) is 1. The van der Waals surface area contributed by atoms with Crippen LogP contribution in [0.25, 0.3) is 0 Å². The molecule has 3 aromatic carbocycles. The zero-order valence-corrected chi connectivity index (χ0v) is 17.7. The number of carbonyl (C=O) groups is 2. The van der Waals surface area contributed by atoms with E-state index in [2.05, 4.69) is 5.32 Å². The summed E-state index contributed by atoms with van der Waals surface area (Å²) in [5, 5.41) is 2.66. The number of esters is 1. The molecule has 160 valence electrons. The molecule has 1 amide bonds. The van der Waals surface area contributed by atoms with Gasteiger partial charge < -0.3 is 10.1 Å². The van der Waals surface area contributed by atoms with Crippen LogP contribution in [0.1, 0.15) is 15.9 Å². The number of hydrogen-bond acceptors (Lipinski definition) is 5. The molecule has 3 aromatic rings. The van der Waals surface area contributed by atoms with Crippen molar-refractivity contribution >= 4 is 27.6 Å². The lowest BCUT2D eigenvalue weighted by Crippen LogP contribution is -2.28. The highest BCUT2D eigenvalue weighted by molar-refractivity contribution is 7.92. The number of carbonyl (C=O) groups excluding carboxylic acids is 2. The number of nitrogens with zero attached hydrogens (tertiary/aromatic N) is 1. The number of rotatable bonds is 8. The van der Waals surface area contributed by atoms with Gasteiger partial charge in [-0.3, -0.25) is 9.10 Å². The number of benzene rings is 3. The van der Waals surface area contributed by atoms with Gasteiger partial charge in [0.05, 0.1) is 16.1 Å². The SMILES string of the molecule is CN(c1ccccc1)S(=O)(=O)c1ccc(C(=O)OCC(=O)NCc2ccccc2)cc1. The number of hydrogen-bond donors (Lipinski definition) is 1. The van der Waals surface area contributed by atoms with E-state index in [0.717, 1.165) is 9.87 Å². The van der Waals surface area contributed by atoms with Crippen molar-refractivity contribution in [3.63, 3.8) is 0 Å². The summed E-state index contributed by atoms with van der Waals surface area (Å²) in [6.07, 6.45) is 0. The Balaban J connectivity index is 1.56. The van der Waals surface area contributed by atoms with E-state index < -0.39 is 28.5 Å². The highest BCUT2D eigenvalue weighted by Gasteiger charge is 2.21. The number of anilines is 1. The van der Waals surface area contributed by atoms with E-state index in [9.17, 15) is 18.0 Å². The van der Waals surface area contributed by atoms with Crippen molar-refractivity contribution in [2.24, 2.45) is 0 Å². The van der Waals surface area contributed by atoms with Crippen LogP contribution in [0.2, 0.25) is 0 Å². The number of amides is 1. The molecule has 3 rings (SSSR count). The van der Waals surface area contributed by atoms with Gasteiger partial charge in [0.15, 0.2) is 6.61 Å². The minimum Gasteiger partial charge on any atom is -0.452 e. The molecule has 7 nitrogen and oxygen atoms in total. The van der Waals surface area contributed by atoms with Crippen LogP contribution in [0.5, 0.6) is 0 Å². The smallest absolute Gasteiger partial charge is 0.338 e. The molecule has 0 unspecified atom stereocenters. The zero-order chi connectivity index (χ0) is 22.3. The van der Waals surface area contributed by atoms with Gasteiger partial charge >= 0.3 is 5.97 Å². The van der Waals surface area contributed by atoms with Crippen LogP contribution in [0.3, 0.4) is 0 Å². The fourth-order valence-corrected chi connectivity index (χ4v) is 3.96. The Hall–Kier alpha value is -3.65. The Labute approximate surface area is 181 Å². The molecule has 0 aliphatic heterocycles. The van der Waals surface area contributed by atoms with Gasteiger partial charge in [-0.25, -0.2) is 13.2 Å². The van der Waals surface area contributed by atoms with Crippen molar-refractivity contribution in [3.8, 4) is 0 Å². The average Bonchev–Trinajstić information content (AvgIpc) is 2.82. The fourth-order valence-electron chi connectivity index (χ4n) is 2.76. The lowest BCUT2D eigenvalue weighted by molar-refractivity contribution is -0.124. The number of nitrogens with one attached hydrogen (secondary N) is 1. The minimum atomic E-state index is -3.78. The standard InChI is InChI=1S/C23H22N2O5S/c1-25(20-10-6-3-7-11-20)31(28,29)21-14-12-19(13-15-21)23(27)30-17-22(26)24-16-18-8-4-2-5-9-18/h2-15H,16-17H2,1H3,(H,24,26). The molecular weight excluding hydrogens is 416 g/mol. The molecule has 0 aliphatic carbocycles. The van der Waals surface area contributed by atoms with Crippen LogP contribution in [0, 0.1) is 0 Å². The quantitative estimate of drug-likeness (QED) is 0.546. The first-order valence-electron chi connectivity index (χ1n) is 9.50. The lowest BCUT2D eigenvalue weighted by atomic mass is 10.2. The first-order valence-corrected chi connectivity index (χ1v) is 10.9. The van der Waals surface area contributed by atoms with E-state index in [1.807, 2.05) is 30.3 Å². The summed E-state index contributed by atoms with van der Waals surface area (Å²) >= 11 is 0. The maximum absolute atomic E-state index is 12.8. The maximum atomic E-state index is 12.8. The molecule has 8 heteroatoms. The van der Waals surface area contributed by atoms with Crippen LogP contribution < -0.4 is 9.62 Å². The molecule has 0 spiro atoms.